The second kappa shape index (κ2) is 5.64. The summed E-state index contributed by atoms with van der Waals surface area (Å²) in [6, 6.07) is 8.21. The highest BCUT2D eigenvalue weighted by Crippen LogP contribution is 2.40. The van der Waals surface area contributed by atoms with Gasteiger partial charge in [-0.3, -0.25) is 0 Å². The van der Waals surface area contributed by atoms with Gasteiger partial charge in [0.05, 0.1) is 12.5 Å². The summed E-state index contributed by atoms with van der Waals surface area (Å²) in [5.41, 5.74) is 2.14. The highest BCUT2D eigenvalue weighted by molar-refractivity contribution is 9.10. The molecule has 0 N–H and O–H groups in total. The number of alkyl halides is 1. The summed E-state index contributed by atoms with van der Waals surface area (Å²) in [4.78, 5) is 2.41. The van der Waals surface area contributed by atoms with Crippen LogP contribution in [-0.2, 0) is 0 Å². The van der Waals surface area contributed by atoms with E-state index in [4.69, 9.17) is 16.3 Å². The molecule has 0 aliphatic carbocycles. The maximum absolute atomic E-state index is 6.56. The van der Waals surface area contributed by atoms with E-state index < -0.39 is 0 Å². The Balaban J connectivity index is 2.46. The molecule has 0 aliphatic rings. The molecule has 1 nitrogen and oxygen atoms in total. The van der Waals surface area contributed by atoms with Crippen LogP contribution >= 0.6 is 38.9 Å². The zero-order valence-electron chi connectivity index (χ0n) is 10.5. The Morgan fingerprint density at radius 1 is 1.28 bits per heavy atom. The average molecular weight is 346 g/mol. The highest BCUT2D eigenvalue weighted by Gasteiger charge is 2.18. The molecule has 1 aromatic heterocycles. The quantitative estimate of drug-likeness (QED) is 0.671. The van der Waals surface area contributed by atoms with Crippen LogP contribution in [0.2, 0.25) is 0 Å². The summed E-state index contributed by atoms with van der Waals surface area (Å²) in [7, 11) is 1.68. The fourth-order valence-electron chi connectivity index (χ4n) is 1.79. The first-order chi connectivity index (χ1) is 8.52. The molecule has 2 rings (SSSR count). The number of thiophene rings is 1. The van der Waals surface area contributed by atoms with Gasteiger partial charge >= 0.3 is 0 Å². The molecule has 4 heteroatoms. The number of hydrogen-bond donors (Lipinski definition) is 0. The number of hydrogen-bond acceptors (Lipinski definition) is 2. The monoisotopic (exact) mass is 344 g/mol. The van der Waals surface area contributed by atoms with Crippen molar-refractivity contribution in [2.24, 2.45) is 0 Å². The zero-order chi connectivity index (χ0) is 13.3. The van der Waals surface area contributed by atoms with Crippen LogP contribution in [0.1, 0.15) is 26.3 Å². The minimum absolute atomic E-state index is 0.171. The summed E-state index contributed by atoms with van der Waals surface area (Å²) in [5, 5.41) is -0.171. The van der Waals surface area contributed by atoms with Crippen LogP contribution in [0.25, 0.3) is 0 Å². The summed E-state index contributed by atoms with van der Waals surface area (Å²) in [5.74, 6) is 0.835. The van der Waals surface area contributed by atoms with E-state index in [9.17, 15) is 0 Å². The standard InChI is InChI=1S/C14H14BrClOS/c1-8-6-12(17-3)10(7-11(8)15)14(16)13-5-4-9(2)18-13/h4-7,14H,1-3H3. The van der Waals surface area contributed by atoms with Crippen molar-refractivity contribution in [3.05, 3.63) is 49.6 Å². The fourth-order valence-corrected chi connectivity index (χ4v) is 3.40. The lowest BCUT2D eigenvalue weighted by atomic mass is 10.1. The summed E-state index contributed by atoms with van der Waals surface area (Å²) >= 11 is 11.8. The Morgan fingerprint density at radius 3 is 2.56 bits per heavy atom. The number of ether oxygens (including phenoxy) is 1. The SMILES string of the molecule is COc1cc(C)c(Br)cc1C(Cl)c1ccc(C)s1. The molecule has 0 amide bonds. The van der Waals surface area contributed by atoms with Gasteiger partial charge in [0, 0.05) is 19.8 Å². The van der Waals surface area contributed by atoms with E-state index >= 15 is 0 Å². The van der Waals surface area contributed by atoms with Gasteiger partial charge in [-0.2, -0.15) is 0 Å². The third-order valence-corrected chi connectivity index (χ3v) is 5.31. The maximum Gasteiger partial charge on any atom is 0.124 e. The number of halogens is 2. The smallest absolute Gasteiger partial charge is 0.124 e. The van der Waals surface area contributed by atoms with Crippen molar-refractivity contribution < 1.29 is 4.74 Å². The van der Waals surface area contributed by atoms with Crippen molar-refractivity contribution in [2.75, 3.05) is 7.11 Å². The predicted molar refractivity (Wildman–Crippen MR) is 82.2 cm³/mol. The maximum atomic E-state index is 6.56. The molecule has 1 unspecified atom stereocenters. The molecule has 0 spiro atoms. The molecule has 0 fully saturated rings. The zero-order valence-corrected chi connectivity index (χ0v) is 13.6. The number of aryl methyl sites for hydroxylation is 2. The third-order valence-electron chi connectivity index (χ3n) is 2.79. The van der Waals surface area contributed by atoms with Crippen LogP contribution in [0.15, 0.2) is 28.7 Å². The average Bonchev–Trinajstić information content (AvgIpc) is 2.78. The van der Waals surface area contributed by atoms with Crippen LogP contribution in [0.3, 0.4) is 0 Å². The number of rotatable bonds is 3. The molecular formula is C14H14BrClOS. The number of methoxy groups -OCH3 is 1. The van der Waals surface area contributed by atoms with Crippen molar-refractivity contribution in [3.63, 3.8) is 0 Å². The molecular weight excluding hydrogens is 332 g/mol. The lowest BCUT2D eigenvalue weighted by molar-refractivity contribution is 0.410. The van der Waals surface area contributed by atoms with Gasteiger partial charge in [-0.15, -0.1) is 22.9 Å². The molecule has 1 heterocycles. The van der Waals surface area contributed by atoms with Gasteiger partial charge in [0.25, 0.3) is 0 Å². The Kier molecular flexibility index (Phi) is 4.36. The van der Waals surface area contributed by atoms with E-state index in [-0.39, 0.29) is 5.38 Å². The largest absolute Gasteiger partial charge is 0.496 e. The van der Waals surface area contributed by atoms with Crippen molar-refractivity contribution in [1.29, 1.82) is 0 Å². The summed E-state index contributed by atoms with van der Waals surface area (Å²) < 4.78 is 6.48. The van der Waals surface area contributed by atoms with Crippen molar-refractivity contribution >= 4 is 38.9 Å². The van der Waals surface area contributed by atoms with E-state index in [1.807, 2.05) is 19.1 Å². The highest BCUT2D eigenvalue weighted by atomic mass is 79.9. The van der Waals surface area contributed by atoms with Gasteiger partial charge < -0.3 is 4.74 Å². The molecule has 0 bridgehead atoms. The van der Waals surface area contributed by atoms with Crippen LogP contribution in [0.4, 0.5) is 0 Å². The normalized spacial score (nSPS) is 12.5. The summed E-state index contributed by atoms with van der Waals surface area (Å²) in [6.45, 7) is 4.12. The van der Waals surface area contributed by atoms with E-state index in [1.165, 1.54) is 4.88 Å². The Morgan fingerprint density at radius 2 is 2.00 bits per heavy atom. The van der Waals surface area contributed by atoms with Crippen LogP contribution in [0.5, 0.6) is 5.75 Å². The first kappa shape index (κ1) is 13.9. The molecule has 2 aromatic rings. The molecule has 0 saturated carbocycles. The van der Waals surface area contributed by atoms with Gasteiger partial charge in [0.2, 0.25) is 0 Å². The van der Waals surface area contributed by atoms with E-state index in [2.05, 4.69) is 35.0 Å². The van der Waals surface area contributed by atoms with Crippen molar-refractivity contribution in [2.45, 2.75) is 19.2 Å². The van der Waals surface area contributed by atoms with Gasteiger partial charge in [0.15, 0.2) is 0 Å². The minimum atomic E-state index is -0.171. The Hall–Kier alpha value is -0.510. The minimum Gasteiger partial charge on any atom is -0.496 e. The molecule has 1 aromatic carbocycles. The topological polar surface area (TPSA) is 9.23 Å². The molecule has 1 atom stereocenters. The molecule has 0 saturated heterocycles. The second-order valence-electron chi connectivity index (χ2n) is 4.15. The first-order valence-electron chi connectivity index (χ1n) is 5.57. The van der Waals surface area contributed by atoms with E-state index in [1.54, 1.807) is 18.4 Å². The van der Waals surface area contributed by atoms with Crippen LogP contribution in [0, 0.1) is 13.8 Å². The predicted octanol–water partition coefficient (Wildman–Crippen LogP) is 5.46. The molecule has 18 heavy (non-hydrogen) atoms. The molecule has 0 radical (unpaired) electrons. The fraction of sp³-hybridized carbons (Fsp3) is 0.286. The van der Waals surface area contributed by atoms with Gasteiger partial charge in [-0.05, 0) is 43.7 Å². The summed E-state index contributed by atoms with van der Waals surface area (Å²) in [6.07, 6.45) is 0. The van der Waals surface area contributed by atoms with Crippen molar-refractivity contribution in [1.82, 2.24) is 0 Å². The van der Waals surface area contributed by atoms with Crippen LogP contribution < -0.4 is 4.74 Å². The first-order valence-corrected chi connectivity index (χ1v) is 7.62. The Bertz CT molecular complexity index is 565. The van der Waals surface area contributed by atoms with Gasteiger partial charge in [0.1, 0.15) is 5.75 Å². The van der Waals surface area contributed by atoms with Gasteiger partial charge in [-0.25, -0.2) is 0 Å². The molecule has 0 aliphatic heterocycles. The van der Waals surface area contributed by atoms with E-state index in [0.717, 1.165) is 26.2 Å². The van der Waals surface area contributed by atoms with Crippen molar-refractivity contribution in [3.8, 4) is 5.75 Å². The lowest BCUT2D eigenvalue weighted by Crippen LogP contribution is -1.97. The van der Waals surface area contributed by atoms with Gasteiger partial charge in [-0.1, -0.05) is 15.9 Å². The second-order valence-corrected chi connectivity index (χ2v) is 6.76. The number of benzene rings is 1. The van der Waals surface area contributed by atoms with Crippen LogP contribution in [-0.4, -0.2) is 7.11 Å². The van der Waals surface area contributed by atoms with E-state index in [0.29, 0.717) is 0 Å². The Labute approximate surface area is 125 Å². The lowest BCUT2D eigenvalue weighted by Gasteiger charge is -2.14. The molecule has 96 valence electrons. The third kappa shape index (κ3) is 2.73.